The summed E-state index contributed by atoms with van der Waals surface area (Å²) in [4.78, 5) is 28.4. The summed E-state index contributed by atoms with van der Waals surface area (Å²) in [7, 11) is 0.177. The van der Waals surface area contributed by atoms with Crippen LogP contribution in [0.2, 0.25) is 0 Å². The average molecular weight is 598 g/mol. The molecule has 3 aromatic carbocycles. The van der Waals surface area contributed by atoms with Crippen molar-refractivity contribution in [2.45, 2.75) is 44.2 Å². The third kappa shape index (κ3) is 7.94. The van der Waals surface area contributed by atoms with Gasteiger partial charge in [0, 0.05) is 19.2 Å². The van der Waals surface area contributed by atoms with Gasteiger partial charge in [-0.25, -0.2) is 8.42 Å². The Kier molecular flexibility index (Phi) is 11.6. The number of benzene rings is 3. The van der Waals surface area contributed by atoms with Crippen molar-refractivity contribution >= 4 is 27.5 Å². The minimum absolute atomic E-state index is 0.0798. The monoisotopic (exact) mass is 597 g/mol. The quantitative estimate of drug-likeness (QED) is 0.261. The largest absolute Gasteiger partial charge is 0.497 e. The Morgan fingerprint density at radius 1 is 0.881 bits per heavy atom. The standard InChI is InChI=1S/C31H39N3O7S/c1-6-7-19-32-31(36)23(2)33(21-24-13-15-26(39-3)16-14-24)30(35)22-34(25-11-9-8-10-12-25)42(37,38)27-17-18-28(40-4)29(20-27)41-5/h8-18,20,23H,6-7,19,21-22H2,1-5H3,(H,32,36)/t23-/m1/s1. The van der Waals surface area contributed by atoms with Gasteiger partial charge in [-0.2, -0.15) is 0 Å². The third-order valence-electron chi connectivity index (χ3n) is 6.77. The second kappa shape index (κ2) is 15.1. The molecule has 1 atom stereocenters. The predicted molar refractivity (Wildman–Crippen MR) is 161 cm³/mol. The lowest BCUT2D eigenvalue weighted by Crippen LogP contribution is -2.51. The molecule has 11 heteroatoms. The molecule has 0 aliphatic carbocycles. The molecule has 0 spiro atoms. The van der Waals surface area contributed by atoms with E-state index in [9.17, 15) is 18.0 Å². The minimum atomic E-state index is -4.25. The Morgan fingerprint density at radius 3 is 2.14 bits per heavy atom. The minimum Gasteiger partial charge on any atom is -0.497 e. The van der Waals surface area contributed by atoms with Crippen molar-refractivity contribution in [2.75, 3.05) is 38.7 Å². The summed E-state index contributed by atoms with van der Waals surface area (Å²) in [6.07, 6.45) is 1.71. The first-order valence-corrected chi connectivity index (χ1v) is 15.1. The SMILES string of the molecule is CCCCNC(=O)[C@@H](C)N(Cc1ccc(OC)cc1)C(=O)CN(c1ccccc1)S(=O)(=O)c1ccc(OC)c(OC)c1. The van der Waals surface area contributed by atoms with Gasteiger partial charge >= 0.3 is 0 Å². The van der Waals surface area contributed by atoms with Crippen LogP contribution in [0.1, 0.15) is 32.3 Å². The van der Waals surface area contributed by atoms with Crippen molar-refractivity contribution in [3.8, 4) is 17.2 Å². The van der Waals surface area contributed by atoms with E-state index in [0.29, 0.717) is 23.7 Å². The molecule has 2 amide bonds. The highest BCUT2D eigenvalue weighted by atomic mass is 32.2. The first-order chi connectivity index (χ1) is 20.2. The number of carbonyl (C=O) groups excluding carboxylic acids is 2. The highest BCUT2D eigenvalue weighted by Crippen LogP contribution is 2.32. The number of hydrogen-bond acceptors (Lipinski definition) is 7. The van der Waals surface area contributed by atoms with E-state index in [4.69, 9.17) is 14.2 Å². The van der Waals surface area contributed by atoms with Crippen LogP contribution in [0.15, 0.2) is 77.7 Å². The molecule has 10 nitrogen and oxygen atoms in total. The highest BCUT2D eigenvalue weighted by Gasteiger charge is 2.33. The van der Waals surface area contributed by atoms with E-state index in [1.54, 1.807) is 68.6 Å². The zero-order valence-electron chi connectivity index (χ0n) is 24.7. The summed E-state index contributed by atoms with van der Waals surface area (Å²) in [5.74, 6) is 0.387. The molecular formula is C31H39N3O7S. The molecular weight excluding hydrogens is 558 g/mol. The van der Waals surface area contributed by atoms with Crippen LogP contribution in [0, 0.1) is 0 Å². The molecule has 0 aliphatic rings. The molecule has 0 bridgehead atoms. The van der Waals surface area contributed by atoms with Crippen molar-refractivity contribution in [1.82, 2.24) is 10.2 Å². The molecule has 0 saturated carbocycles. The molecule has 0 unspecified atom stereocenters. The van der Waals surface area contributed by atoms with E-state index in [1.807, 2.05) is 6.92 Å². The van der Waals surface area contributed by atoms with Crippen LogP contribution in [-0.4, -0.2) is 65.6 Å². The Morgan fingerprint density at radius 2 is 1.55 bits per heavy atom. The van der Waals surface area contributed by atoms with E-state index in [0.717, 1.165) is 22.7 Å². The normalized spacial score (nSPS) is 11.7. The van der Waals surface area contributed by atoms with Crippen LogP contribution in [0.25, 0.3) is 0 Å². The Balaban J connectivity index is 2.01. The van der Waals surface area contributed by atoms with Crippen LogP contribution in [-0.2, 0) is 26.2 Å². The number of unbranched alkanes of at least 4 members (excludes halogenated alkanes) is 1. The van der Waals surface area contributed by atoms with Crippen molar-refractivity contribution in [1.29, 1.82) is 0 Å². The number of carbonyl (C=O) groups is 2. The lowest BCUT2D eigenvalue weighted by molar-refractivity contribution is -0.139. The van der Waals surface area contributed by atoms with E-state index >= 15 is 0 Å². The van der Waals surface area contributed by atoms with E-state index < -0.39 is 28.5 Å². The predicted octanol–water partition coefficient (Wildman–Crippen LogP) is 4.24. The van der Waals surface area contributed by atoms with Crippen LogP contribution in [0.5, 0.6) is 17.2 Å². The molecule has 0 saturated heterocycles. The van der Waals surface area contributed by atoms with Crippen molar-refractivity contribution in [2.24, 2.45) is 0 Å². The first-order valence-electron chi connectivity index (χ1n) is 13.7. The van der Waals surface area contributed by atoms with Crippen LogP contribution in [0.3, 0.4) is 0 Å². The number of para-hydroxylation sites is 1. The fourth-order valence-corrected chi connectivity index (χ4v) is 5.70. The van der Waals surface area contributed by atoms with Gasteiger partial charge < -0.3 is 24.4 Å². The van der Waals surface area contributed by atoms with Crippen molar-refractivity contribution in [3.05, 3.63) is 78.4 Å². The first kappa shape index (κ1) is 32.3. The van der Waals surface area contributed by atoms with Crippen LogP contribution < -0.4 is 23.8 Å². The summed E-state index contributed by atoms with van der Waals surface area (Å²) in [5, 5.41) is 2.88. The van der Waals surface area contributed by atoms with E-state index in [2.05, 4.69) is 5.32 Å². The number of nitrogens with one attached hydrogen (secondary N) is 1. The molecule has 42 heavy (non-hydrogen) atoms. The third-order valence-corrected chi connectivity index (χ3v) is 8.54. The number of methoxy groups -OCH3 is 3. The summed E-state index contributed by atoms with van der Waals surface area (Å²) in [6, 6.07) is 18.9. The lowest BCUT2D eigenvalue weighted by atomic mass is 10.1. The lowest BCUT2D eigenvalue weighted by Gasteiger charge is -2.32. The zero-order valence-corrected chi connectivity index (χ0v) is 25.5. The molecule has 0 aliphatic heterocycles. The maximum Gasteiger partial charge on any atom is 0.264 e. The number of hydrogen-bond donors (Lipinski definition) is 1. The molecule has 1 N–H and O–H groups in total. The molecule has 226 valence electrons. The van der Waals surface area contributed by atoms with E-state index in [-0.39, 0.29) is 23.1 Å². The van der Waals surface area contributed by atoms with Gasteiger partial charge in [-0.05, 0) is 55.3 Å². The van der Waals surface area contributed by atoms with Gasteiger partial charge in [0.15, 0.2) is 11.5 Å². The number of nitrogens with zero attached hydrogens (tertiary/aromatic N) is 2. The number of ether oxygens (including phenoxy) is 3. The summed E-state index contributed by atoms with van der Waals surface area (Å²) >= 11 is 0. The van der Waals surface area contributed by atoms with Gasteiger partial charge in [0.2, 0.25) is 11.8 Å². The summed E-state index contributed by atoms with van der Waals surface area (Å²) in [5.41, 5.74) is 1.05. The highest BCUT2D eigenvalue weighted by molar-refractivity contribution is 7.92. The molecule has 0 heterocycles. The van der Waals surface area contributed by atoms with Crippen molar-refractivity contribution < 1.29 is 32.2 Å². The Hall–Kier alpha value is -4.25. The van der Waals surface area contributed by atoms with Gasteiger partial charge in [-0.3, -0.25) is 13.9 Å². The van der Waals surface area contributed by atoms with Gasteiger partial charge in [0.1, 0.15) is 18.3 Å². The zero-order chi connectivity index (χ0) is 30.7. The Bertz CT molecular complexity index is 1430. The second-order valence-corrected chi connectivity index (χ2v) is 11.4. The van der Waals surface area contributed by atoms with Crippen molar-refractivity contribution in [3.63, 3.8) is 0 Å². The maximum absolute atomic E-state index is 14.0. The second-order valence-electron chi connectivity index (χ2n) is 9.55. The topological polar surface area (TPSA) is 114 Å². The smallest absolute Gasteiger partial charge is 0.264 e. The Labute approximate surface area is 248 Å². The van der Waals surface area contributed by atoms with E-state index in [1.165, 1.54) is 37.3 Å². The van der Waals surface area contributed by atoms with Gasteiger partial charge in [0.05, 0.1) is 31.9 Å². The fraction of sp³-hybridized carbons (Fsp3) is 0.355. The van der Waals surface area contributed by atoms with Gasteiger partial charge in [-0.15, -0.1) is 0 Å². The molecule has 3 rings (SSSR count). The van der Waals surface area contributed by atoms with Gasteiger partial charge in [-0.1, -0.05) is 43.7 Å². The summed E-state index contributed by atoms with van der Waals surface area (Å²) in [6.45, 7) is 3.69. The average Bonchev–Trinajstić information content (AvgIpc) is 3.02. The van der Waals surface area contributed by atoms with Crippen LogP contribution >= 0.6 is 0 Å². The molecule has 0 aromatic heterocycles. The number of amides is 2. The maximum atomic E-state index is 14.0. The molecule has 0 radical (unpaired) electrons. The number of rotatable bonds is 15. The van der Waals surface area contributed by atoms with Gasteiger partial charge in [0.25, 0.3) is 10.0 Å². The van der Waals surface area contributed by atoms with Crippen LogP contribution in [0.4, 0.5) is 5.69 Å². The number of sulfonamides is 1. The molecule has 3 aromatic rings. The fourth-order valence-electron chi connectivity index (χ4n) is 4.27. The summed E-state index contributed by atoms with van der Waals surface area (Å²) < 4.78 is 44.9. The molecule has 0 fully saturated rings. The number of anilines is 1.